The van der Waals surface area contributed by atoms with Crippen molar-refractivity contribution in [1.82, 2.24) is 4.90 Å². The van der Waals surface area contributed by atoms with Crippen molar-refractivity contribution in [2.45, 2.75) is 6.54 Å². The van der Waals surface area contributed by atoms with Crippen molar-refractivity contribution in [3.8, 4) is 11.5 Å². The molecular weight excluding hydrogens is 345 g/mol. The lowest BCUT2D eigenvalue weighted by Gasteiger charge is -2.12. The van der Waals surface area contributed by atoms with Crippen LogP contribution in [0.3, 0.4) is 0 Å². The first-order valence-electron chi connectivity index (χ1n) is 7.35. The maximum atomic E-state index is 13.8. The molecule has 0 unspecified atom stereocenters. The summed E-state index contributed by atoms with van der Waals surface area (Å²) in [5, 5.41) is 9.43. The van der Waals surface area contributed by atoms with Gasteiger partial charge in [-0.25, -0.2) is 4.39 Å². The number of nitrogens with zero attached hydrogens (tertiary/aromatic N) is 1. The number of carbonyl (C=O) groups is 2. The van der Waals surface area contributed by atoms with Gasteiger partial charge in [0.05, 0.1) is 18.6 Å². The summed E-state index contributed by atoms with van der Waals surface area (Å²) in [7, 11) is 1.48. The van der Waals surface area contributed by atoms with Gasteiger partial charge in [-0.3, -0.25) is 14.5 Å². The third-order valence-corrected chi connectivity index (χ3v) is 4.59. The van der Waals surface area contributed by atoms with Gasteiger partial charge in [0.1, 0.15) is 17.3 Å². The summed E-state index contributed by atoms with van der Waals surface area (Å²) in [6.45, 7) is -0.140. The number of thioether (sulfide) groups is 1. The van der Waals surface area contributed by atoms with E-state index in [2.05, 4.69) is 0 Å². The molecular formula is C18H14FNO4S. The first-order chi connectivity index (χ1) is 12.0. The molecule has 1 heterocycles. The predicted molar refractivity (Wildman–Crippen MR) is 92.6 cm³/mol. The predicted octanol–water partition coefficient (Wildman–Crippen LogP) is 3.78. The van der Waals surface area contributed by atoms with Crippen molar-refractivity contribution in [2.24, 2.45) is 0 Å². The number of ether oxygens (including phenoxy) is 1. The lowest BCUT2D eigenvalue weighted by molar-refractivity contribution is -0.123. The highest BCUT2D eigenvalue weighted by molar-refractivity contribution is 8.18. The fourth-order valence-corrected chi connectivity index (χ4v) is 3.18. The van der Waals surface area contributed by atoms with Crippen molar-refractivity contribution in [3.63, 3.8) is 0 Å². The number of phenols is 1. The summed E-state index contributed by atoms with van der Waals surface area (Å²) in [6, 6.07) is 10.6. The Labute approximate surface area is 147 Å². The maximum Gasteiger partial charge on any atom is 0.293 e. The van der Waals surface area contributed by atoms with Gasteiger partial charge in [0.15, 0.2) is 0 Å². The van der Waals surface area contributed by atoms with Crippen molar-refractivity contribution in [3.05, 3.63) is 64.3 Å². The van der Waals surface area contributed by atoms with E-state index in [0.29, 0.717) is 11.3 Å². The van der Waals surface area contributed by atoms with Crippen LogP contribution in [-0.4, -0.2) is 28.3 Å². The van der Waals surface area contributed by atoms with Crippen LogP contribution in [0.25, 0.3) is 6.08 Å². The van der Waals surface area contributed by atoms with Gasteiger partial charge in [-0.1, -0.05) is 18.2 Å². The van der Waals surface area contributed by atoms with Crippen LogP contribution < -0.4 is 4.74 Å². The largest absolute Gasteiger partial charge is 0.507 e. The summed E-state index contributed by atoms with van der Waals surface area (Å²) in [5.41, 5.74) is 0.617. The number of aromatic hydroxyl groups is 1. The van der Waals surface area contributed by atoms with Gasteiger partial charge in [-0.15, -0.1) is 0 Å². The molecule has 2 amide bonds. The first-order valence-corrected chi connectivity index (χ1v) is 8.17. The third-order valence-electron chi connectivity index (χ3n) is 3.68. The molecule has 2 aromatic carbocycles. The lowest BCUT2D eigenvalue weighted by Crippen LogP contribution is -2.27. The zero-order chi connectivity index (χ0) is 18.0. The van der Waals surface area contributed by atoms with Crippen LogP contribution in [0.1, 0.15) is 11.1 Å². The molecule has 1 aliphatic heterocycles. The summed E-state index contributed by atoms with van der Waals surface area (Å²) in [4.78, 5) is 25.7. The normalized spacial score (nSPS) is 15.9. The van der Waals surface area contributed by atoms with E-state index < -0.39 is 17.0 Å². The van der Waals surface area contributed by atoms with Crippen LogP contribution in [0.15, 0.2) is 47.4 Å². The first kappa shape index (κ1) is 17.0. The number of methoxy groups -OCH3 is 1. The molecule has 0 saturated carbocycles. The molecule has 0 aliphatic carbocycles. The van der Waals surface area contributed by atoms with Gasteiger partial charge in [-0.2, -0.15) is 0 Å². The highest BCUT2D eigenvalue weighted by atomic mass is 32.2. The molecule has 25 heavy (non-hydrogen) atoms. The molecule has 3 rings (SSSR count). The number of benzene rings is 2. The van der Waals surface area contributed by atoms with E-state index >= 15 is 0 Å². The summed E-state index contributed by atoms with van der Waals surface area (Å²) >= 11 is 0.748. The van der Waals surface area contributed by atoms with Gasteiger partial charge >= 0.3 is 0 Å². The third kappa shape index (κ3) is 3.51. The van der Waals surface area contributed by atoms with E-state index in [1.807, 2.05) is 0 Å². The second kappa shape index (κ2) is 6.98. The van der Waals surface area contributed by atoms with Crippen LogP contribution in [0, 0.1) is 5.82 Å². The van der Waals surface area contributed by atoms with E-state index in [-0.39, 0.29) is 22.8 Å². The summed E-state index contributed by atoms with van der Waals surface area (Å²) < 4.78 is 18.8. The molecule has 0 bridgehead atoms. The van der Waals surface area contributed by atoms with Crippen molar-refractivity contribution in [2.75, 3.05) is 7.11 Å². The molecule has 1 N–H and O–H groups in total. The average Bonchev–Trinajstić information content (AvgIpc) is 2.86. The van der Waals surface area contributed by atoms with E-state index in [9.17, 15) is 19.1 Å². The Morgan fingerprint density at radius 3 is 2.72 bits per heavy atom. The lowest BCUT2D eigenvalue weighted by atomic mass is 10.1. The Balaban J connectivity index is 1.87. The molecule has 128 valence electrons. The van der Waals surface area contributed by atoms with Gasteiger partial charge in [0.2, 0.25) is 0 Å². The van der Waals surface area contributed by atoms with Crippen LogP contribution in [0.2, 0.25) is 0 Å². The molecule has 0 radical (unpaired) electrons. The van der Waals surface area contributed by atoms with Gasteiger partial charge in [0, 0.05) is 11.1 Å². The number of carbonyl (C=O) groups excluding carboxylic acids is 2. The number of amides is 2. The number of halogens is 1. The second-order valence-electron chi connectivity index (χ2n) is 5.28. The van der Waals surface area contributed by atoms with E-state index in [4.69, 9.17) is 4.74 Å². The molecule has 1 aliphatic rings. The molecule has 0 spiro atoms. The minimum absolute atomic E-state index is 0.0401. The number of rotatable bonds is 4. The van der Waals surface area contributed by atoms with Crippen molar-refractivity contribution >= 4 is 29.0 Å². The summed E-state index contributed by atoms with van der Waals surface area (Å²) in [5.74, 6) is -0.534. The molecule has 1 saturated heterocycles. The Morgan fingerprint density at radius 2 is 2.00 bits per heavy atom. The van der Waals surface area contributed by atoms with E-state index in [1.54, 1.807) is 18.2 Å². The fraction of sp³-hybridized carbons (Fsp3) is 0.111. The SMILES string of the molecule is COc1ccc(O)c(/C=C2\SC(=O)N(Cc3ccccc3F)C2=O)c1. The zero-order valence-electron chi connectivity index (χ0n) is 13.2. The number of hydrogen-bond acceptors (Lipinski definition) is 5. The number of phenolic OH excluding ortho intramolecular Hbond substituents is 1. The smallest absolute Gasteiger partial charge is 0.293 e. The number of imide groups is 1. The molecule has 0 atom stereocenters. The highest BCUT2D eigenvalue weighted by Gasteiger charge is 2.35. The molecule has 1 fully saturated rings. The zero-order valence-corrected chi connectivity index (χ0v) is 14.0. The quantitative estimate of drug-likeness (QED) is 0.842. The Morgan fingerprint density at radius 1 is 1.24 bits per heavy atom. The van der Waals surface area contributed by atoms with Gasteiger partial charge in [-0.05, 0) is 42.1 Å². The van der Waals surface area contributed by atoms with Gasteiger partial charge < -0.3 is 9.84 Å². The summed E-state index contributed by atoms with van der Waals surface area (Å²) in [6.07, 6.45) is 1.42. The fourth-order valence-electron chi connectivity index (χ4n) is 2.35. The van der Waals surface area contributed by atoms with Gasteiger partial charge in [0.25, 0.3) is 11.1 Å². The van der Waals surface area contributed by atoms with E-state index in [0.717, 1.165) is 16.7 Å². The topological polar surface area (TPSA) is 66.8 Å². The highest BCUT2D eigenvalue weighted by Crippen LogP contribution is 2.35. The monoisotopic (exact) mass is 359 g/mol. The minimum Gasteiger partial charge on any atom is -0.507 e. The molecule has 5 nitrogen and oxygen atoms in total. The van der Waals surface area contributed by atoms with Crippen LogP contribution >= 0.6 is 11.8 Å². The maximum absolute atomic E-state index is 13.8. The van der Waals surface area contributed by atoms with Crippen molar-refractivity contribution in [1.29, 1.82) is 0 Å². The number of hydrogen-bond donors (Lipinski definition) is 1. The average molecular weight is 359 g/mol. The van der Waals surface area contributed by atoms with E-state index in [1.165, 1.54) is 37.5 Å². The second-order valence-corrected chi connectivity index (χ2v) is 6.28. The standard InChI is InChI=1S/C18H14FNO4S/c1-24-13-6-7-15(21)12(8-13)9-16-17(22)20(18(23)25-16)10-11-4-2-3-5-14(11)19/h2-9,21H,10H2,1H3/b16-9-. The van der Waals surface area contributed by atoms with Crippen LogP contribution in [-0.2, 0) is 11.3 Å². The molecule has 7 heteroatoms. The Kier molecular flexibility index (Phi) is 4.76. The Bertz CT molecular complexity index is 881. The molecule has 2 aromatic rings. The molecule has 0 aromatic heterocycles. The van der Waals surface area contributed by atoms with Crippen LogP contribution in [0.4, 0.5) is 9.18 Å². The minimum atomic E-state index is -0.527. The van der Waals surface area contributed by atoms with Crippen molar-refractivity contribution < 1.29 is 23.8 Å². The van der Waals surface area contributed by atoms with Crippen LogP contribution in [0.5, 0.6) is 11.5 Å². The Hall–Kier alpha value is -2.80.